The van der Waals surface area contributed by atoms with Gasteiger partial charge in [-0.2, -0.15) is 0 Å². The zero-order chi connectivity index (χ0) is 11.5. The molecule has 1 aliphatic rings. The normalized spacial score (nSPS) is 29.5. The highest BCUT2D eigenvalue weighted by Gasteiger charge is 2.30. The molecule has 1 heterocycles. The molecule has 0 aromatic carbocycles. The number of nitrogens with zero attached hydrogens (tertiary/aromatic N) is 1. The SMILES string of the molecule is CCC1(C)CSC(=NCC(C)(C)OC)N1. The third-order valence-electron chi connectivity index (χ3n) is 2.87. The Morgan fingerprint density at radius 2 is 2.27 bits per heavy atom. The Morgan fingerprint density at radius 1 is 1.60 bits per heavy atom. The van der Waals surface area contributed by atoms with E-state index in [1.54, 1.807) is 7.11 Å². The molecule has 15 heavy (non-hydrogen) atoms. The summed E-state index contributed by atoms with van der Waals surface area (Å²) in [6.45, 7) is 9.25. The topological polar surface area (TPSA) is 33.6 Å². The highest BCUT2D eigenvalue weighted by Crippen LogP contribution is 2.25. The monoisotopic (exact) mass is 230 g/mol. The Hall–Kier alpha value is -0.220. The molecule has 88 valence electrons. The molecule has 4 heteroatoms. The van der Waals surface area contributed by atoms with Gasteiger partial charge in [0.25, 0.3) is 0 Å². The molecule has 0 saturated carbocycles. The summed E-state index contributed by atoms with van der Waals surface area (Å²) in [7, 11) is 1.73. The summed E-state index contributed by atoms with van der Waals surface area (Å²) in [5, 5.41) is 4.53. The molecule has 1 aliphatic heterocycles. The van der Waals surface area contributed by atoms with Crippen LogP contribution in [0.2, 0.25) is 0 Å². The van der Waals surface area contributed by atoms with Crippen LogP contribution in [0.15, 0.2) is 4.99 Å². The van der Waals surface area contributed by atoms with Crippen LogP contribution in [0, 0.1) is 0 Å². The van der Waals surface area contributed by atoms with Gasteiger partial charge < -0.3 is 10.1 Å². The van der Waals surface area contributed by atoms with Gasteiger partial charge in [0.2, 0.25) is 0 Å². The van der Waals surface area contributed by atoms with E-state index in [1.165, 1.54) is 0 Å². The predicted octanol–water partition coefficient (Wildman–Crippen LogP) is 2.27. The lowest BCUT2D eigenvalue weighted by atomic mass is 10.0. The van der Waals surface area contributed by atoms with Gasteiger partial charge in [0.05, 0.1) is 12.1 Å². The number of methoxy groups -OCH3 is 1. The van der Waals surface area contributed by atoms with Crippen molar-refractivity contribution < 1.29 is 4.74 Å². The molecule has 0 aromatic rings. The number of hydrogen-bond donors (Lipinski definition) is 1. The lowest BCUT2D eigenvalue weighted by Gasteiger charge is -2.22. The minimum atomic E-state index is -0.166. The van der Waals surface area contributed by atoms with Gasteiger partial charge in [0.15, 0.2) is 5.17 Å². The summed E-state index contributed by atoms with van der Waals surface area (Å²) in [6.07, 6.45) is 1.13. The van der Waals surface area contributed by atoms with Crippen LogP contribution >= 0.6 is 11.8 Å². The van der Waals surface area contributed by atoms with Crippen LogP contribution in [-0.2, 0) is 4.74 Å². The van der Waals surface area contributed by atoms with Crippen molar-refractivity contribution in [1.29, 1.82) is 0 Å². The van der Waals surface area contributed by atoms with Crippen molar-refractivity contribution >= 4 is 16.9 Å². The smallest absolute Gasteiger partial charge is 0.157 e. The van der Waals surface area contributed by atoms with Crippen LogP contribution in [0.4, 0.5) is 0 Å². The first-order valence-electron chi connectivity index (χ1n) is 5.41. The minimum Gasteiger partial charge on any atom is -0.377 e. The zero-order valence-corrected chi connectivity index (χ0v) is 11.2. The van der Waals surface area contributed by atoms with Gasteiger partial charge in [-0.15, -0.1) is 0 Å². The highest BCUT2D eigenvalue weighted by molar-refractivity contribution is 8.14. The maximum Gasteiger partial charge on any atom is 0.157 e. The maximum atomic E-state index is 5.33. The van der Waals surface area contributed by atoms with Gasteiger partial charge in [0, 0.05) is 18.4 Å². The first kappa shape index (κ1) is 12.8. The van der Waals surface area contributed by atoms with E-state index in [2.05, 4.69) is 38.0 Å². The van der Waals surface area contributed by atoms with Crippen LogP contribution in [0.3, 0.4) is 0 Å². The van der Waals surface area contributed by atoms with Crippen molar-refractivity contribution in [3.8, 4) is 0 Å². The summed E-state index contributed by atoms with van der Waals surface area (Å²) in [5.41, 5.74) is 0.0567. The average Bonchev–Trinajstić information content (AvgIpc) is 2.59. The Morgan fingerprint density at radius 3 is 2.73 bits per heavy atom. The van der Waals surface area contributed by atoms with E-state index in [0.29, 0.717) is 6.54 Å². The molecule has 0 aliphatic carbocycles. The zero-order valence-electron chi connectivity index (χ0n) is 10.4. The van der Waals surface area contributed by atoms with Crippen LogP contribution in [0.1, 0.15) is 34.1 Å². The molecule has 1 N–H and O–H groups in total. The first-order chi connectivity index (χ1) is 6.91. The van der Waals surface area contributed by atoms with Gasteiger partial charge in [-0.1, -0.05) is 18.7 Å². The van der Waals surface area contributed by atoms with E-state index < -0.39 is 0 Å². The Labute approximate surface area is 97.1 Å². The van der Waals surface area contributed by atoms with Gasteiger partial charge in [-0.3, -0.25) is 4.99 Å². The second kappa shape index (κ2) is 4.74. The van der Waals surface area contributed by atoms with Gasteiger partial charge in [-0.25, -0.2) is 0 Å². The third-order valence-corrected chi connectivity index (χ3v) is 4.16. The summed E-state index contributed by atoms with van der Waals surface area (Å²) < 4.78 is 5.33. The van der Waals surface area contributed by atoms with E-state index in [1.807, 2.05) is 11.8 Å². The Kier molecular flexibility index (Phi) is 4.06. The van der Waals surface area contributed by atoms with Crippen molar-refractivity contribution in [2.45, 2.75) is 45.3 Å². The number of hydrogen-bond acceptors (Lipinski definition) is 3. The second-order valence-corrected chi connectivity index (χ2v) is 5.88. The van der Waals surface area contributed by atoms with E-state index in [4.69, 9.17) is 4.74 Å². The maximum absolute atomic E-state index is 5.33. The predicted molar refractivity (Wildman–Crippen MR) is 67.7 cm³/mol. The van der Waals surface area contributed by atoms with Gasteiger partial charge in [0.1, 0.15) is 0 Å². The van der Waals surface area contributed by atoms with Crippen LogP contribution < -0.4 is 5.32 Å². The number of thioether (sulfide) groups is 1. The molecule has 0 radical (unpaired) electrons. The van der Waals surface area contributed by atoms with E-state index in [9.17, 15) is 0 Å². The lowest BCUT2D eigenvalue weighted by molar-refractivity contribution is 0.0312. The summed E-state index contributed by atoms with van der Waals surface area (Å²) in [5.74, 6) is 1.11. The van der Waals surface area contributed by atoms with Crippen LogP contribution in [0.25, 0.3) is 0 Å². The van der Waals surface area contributed by atoms with Crippen molar-refractivity contribution in [1.82, 2.24) is 5.32 Å². The van der Waals surface area contributed by atoms with Gasteiger partial charge in [-0.05, 0) is 27.2 Å². The summed E-state index contributed by atoms with van der Waals surface area (Å²) >= 11 is 1.81. The van der Waals surface area contributed by atoms with E-state index >= 15 is 0 Å². The molecule has 0 amide bonds. The minimum absolute atomic E-state index is 0.166. The molecule has 0 bridgehead atoms. The summed E-state index contributed by atoms with van der Waals surface area (Å²) in [6, 6.07) is 0. The summed E-state index contributed by atoms with van der Waals surface area (Å²) in [4.78, 5) is 4.55. The number of nitrogens with one attached hydrogen (secondary N) is 1. The fraction of sp³-hybridized carbons (Fsp3) is 0.909. The molecule has 1 unspecified atom stereocenters. The van der Waals surface area contributed by atoms with E-state index in [-0.39, 0.29) is 11.1 Å². The fourth-order valence-corrected chi connectivity index (χ4v) is 2.37. The molecule has 1 saturated heterocycles. The van der Waals surface area contributed by atoms with Crippen molar-refractivity contribution in [3.63, 3.8) is 0 Å². The van der Waals surface area contributed by atoms with Crippen molar-refractivity contribution in [2.75, 3.05) is 19.4 Å². The number of ether oxygens (including phenoxy) is 1. The largest absolute Gasteiger partial charge is 0.377 e. The van der Waals surface area contributed by atoms with Gasteiger partial charge >= 0.3 is 0 Å². The molecular weight excluding hydrogens is 208 g/mol. The number of rotatable bonds is 4. The lowest BCUT2D eigenvalue weighted by Crippen LogP contribution is -2.40. The third kappa shape index (κ3) is 3.68. The highest BCUT2D eigenvalue weighted by atomic mass is 32.2. The molecule has 3 nitrogen and oxygen atoms in total. The van der Waals surface area contributed by atoms with Crippen molar-refractivity contribution in [2.24, 2.45) is 4.99 Å². The number of amidine groups is 1. The van der Waals surface area contributed by atoms with Crippen molar-refractivity contribution in [3.05, 3.63) is 0 Å². The van der Waals surface area contributed by atoms with E-state index in [0.717, 1.165) is 17.3 Å². The molecular formula is C11H22N2OS. The Balaban J connectivity index is 2.50. The molecule has 0 spiro atoms. The average molecular weight is 230 g/mol. The first-order valence-corrected chi connectivity index (χ1v) is 6.40. The molecule has 1 atom stereocenters. The molecule has 1 fully saturated rings. The van der Waals surface area contributed by atoms with Crippen LogP contribution in [0.5, 0.6) is 0 Å². The fourth-order valence-electron chi connectivity index (χ4n) is 1.16. The Bertz CT molecular complexity index is 253. The van der Waals surface area contributed by atoms with Crippen LogP contribution in [-0.4, -0.2) is 35.7 Å². The quantitative estimate of drug-likeness (QED) is 0.804. The standard InChI is InChI=1S/C11H22N2OS/c1-6-11(4)8-15-9(13-11)12-7-10(2,3)14-5/h6-8H2,1-5H3,(H,12,13). The second-order valence-electron chi connectivity index (χ2n) is 4.91. The molecule has 1 rings (SSSR count). The number of aliphatic imine (C=N–C) groups is 1. The molecule has 0 aromatic heterocycles.